The molecule has 7 heteroatoms. The number of Topliss-reactive ketones (excluding diaryl/α,β-unsaturated/α-hetero) is 1. The summed E-state index contributed by atoms with van der Waals surface area (Å²) in [6.45, 7) is 3.43. The van der Waals surface area contributed by atoms with Crippen LogP contribution in [0.25, 0.3) is 15.9 Å². The quantitative estimate of drug-likeness (QED) is 0.326. The number of para-hydroxylation sites is 1. The van der Waals surface area contributed by atoms with Gasteiger partial charge in [-0.05, 0) is 50.2 Å². The molecule has 30 heavy (non-hydrogen) atoms. The minimum Gasteiger partial charge on any atom is -0.496 e. The Balaban J connectivity index is 1.59. The molecule has 2 aromatic heterocycles. The highest BCUT2D eigenvalue weighted by molar-refractivity contribution is 7.20. The standard InChI is InChI=1S/C23H20N2O4S/c1-14-19-12-21(30-22(19)25(24-14)18-7-5-4-6-8-18)23(27)29-13-17-11-16(15(2)26)9-10-20(17)28-3/h4-12H,13H2,1-3H3. The van der Waals surface area contributed by atoms with E-state index in [1.54, 1.807) is 18.2 Å². The zero-order valence-corrected chi connectivity index (χ0v) is 17.7. The second-order valence-electron chi connectivity index (χ2n) is 6.82. The molecule has 0 unspecified atom stereocenters. The Morgan fingerprint density at radius 1 is 1.10 bits per heavy atom. The van der Waals surface area contributed by atoms with Crippen LogP contribution in [0.3, 0.4) is 0 Å². The molecular formula is C23H20N2O4S. The van der Waals surface area contributed by atoms with Gasteiger partial charge in [0, 0.05) is 16.5 Å². The average molecular weight is 420 g/mol. The molecule has 2 heterocycles. The van der Waals surface area contributed by atoms with Crippen molar-refractivity contribution >= 4 is 33.3 Å². The predicted octanol–water partition coefficient (Wildman–Crippen LogP) is 4.96. The fourth-order valence-electron chi connectivity index (χ4n) is 3.22. The van der Waals surface area contributed by atoms with Crippen LogP contribution in [0.1, 0.15) is 38.2 Å². The van der Waals surface area contributed by atoms with Crippen molar-refractivity contribution < 1.29 is 19.1 Å². The van der Waals surface area contributed by atoms with Crippen molar-refractivity contribution in [3.63, 3.8) is 0 Å². The first-order valence-corrected chi connectivity index (χ1v) is 10.2. The number of esters is 1. The van der Waals surface area contributed by atoms with Crippen molar-refractivity contribution in [3.05, 3.63) is 76.3 Å². The molecule has 0 aliphatic rings. The molecule has 152 valence electrons. The number of nitrogens with zero attached hydrogens (tertiary/aromatic N) is 2. The lowest BCUT2D eigenvalue weighted by atomic mass is 10.1. The van der Waals surface area contributed by atoms with Gasteiger partial charge in [-0.2, -0.15) is 5.10 Å². The fourth-order valence-corrected chi connectivity index (χ4v) is 4.29. The number of benzene rings is 2. The van der Waals surface area contributed by atoms with E-state index >= 15 is 0 Å². The maximum atomic E-state index is 12.7. The topological polar surface area (TPSA) is 70.4 Å². The minimum absolute atomic E-state index is 0.0150. The highest BCUT2D eigenvalue weighted by Crippen LogP contribution is 2.31. The van der Waals surface area contributed by atoms with E-state index in [1.165, 1.54) is 25.4 Å². The SMILES string of the molecule is COc1ccc(C(C)=O)cc1COC(=O)c1cc2c(C)nn(-c3ccccc3)c2s1. The van der Waals surface area contributed by atoms with Gasteiger partial charge in [0.05, 0.1) is 18.5 Å². The zero-order chi connectivity index (χ0) is 21.3. The summed E-state index contributed by atoms with van der Waals surface area (Å²) in [4.78, 5) is 25.8. The predicted molar refractivity (Wildman–Crippen MR) is 116 cm³/mol. The number of hydrogen-bond acceptors (Lipinski definition) is 6. The molecule has 0 N–H and O–H groups in total. The van der Waals surface area contributed by atoms with E-state index in [0.29, 0.717) is 21.8 Å². The van der Waals surface area contributed by atoms with Gasteiger partial charge in [-0.3, -0.25) is 4.79 Å². The molecule has 0 saturated carbocycles. The molecule has 6 nitrogen and oxygen atoms in total. The molecule has 0 fully saturated rings. The van der Waals surface area contributed by atoms with E-state index in [0.717, 1.165) is 21.6 Å². The number of aryl methyl sites for hydroxylation is 1. The summed E-state index contributed by atoms with van der Waals surface area (Å²) < 4.78 is 12.7. The first-order chi connectivity index (χ1) is 14.5. The van der Waals surface area contributed by atoms with Gasteiger partial charge in [0.15, 0.2) is 5.78 Å². The summed E-state index contributed by atoms with van der Waals surface area (Å²) >= 11 is 1.34. The van der Waals surface area contributed by atoms with Gasteiger partial charge in [0.25, 0.3) is 0 Å². The Kier molecular flexibility index (Phi) is 5.37. The number of hydrogen-bond donors (Lipinski definition) is 0. The van der Waals surface area contributed by atoms with Gasteiger partial charge in [0.1, 0.15) is 22.1 Å². The van der Waals surface area contributed by atoms with E-state index in [4.69, 9.17) is 9.47 Å². The summed E-state index contributed by atoms with van der Waals surface area (Å²) in [5.41, 5.74) is 2.97. The number of methoxy groups -OCH3 is 1. The summed E-state index contributed by atoms with van der Waals surface area (Å²) in [6, 6.07) is 16.7. The summed E-state index contributed by atoms with van der Waals surface area (Å²) in [5.74, 6) is 0.0841. The Morgan fingerprint density at radius 3 is 2.57 bits per heavy atom. The molecule has 0 aliphatic carbocycles. The van der Waals surface area contributed by atoms with Gasteiger partial charge < -0.3 is 9.47 Å². The number of fused-ring (bicyclic) bond motifs is 1. The molecule has 0 saturated heterocycles. The minimum atomic E-state index is -0.425. The molecule has 0 radical (unpaired) electrons. The van der Waals surface area contributed by atoms with Gasteiger partial charge in [-0.25, -0.2) is 9.48 Å². The maximum absolute atomic E-state index is 12.7. The summed E-state index contributed by atoms with van der Waals surface area (Å²) in [5, 5.41) is 5.51. The molecule has 0 amide bonds. The van der Waals surface area contributed by atoms with Crippen molar-refractivity contribution in [1.29, 1.82) is 0 Å². The monoisotopic (exact) mass is 420 g/mol. The van der Waals surface area contributed by atoms with Gasteiger partial charge in [0.2, 0.25) is 0 Å². The highest BCUT2D eigenvalue weighted by Gasteiger charge is 2.19. The van der Waals surface area contributed by atoms with E-state index < -0.39 is 5.97 Å². The van der Waals surface area contributed by atoms with Crippen LogP contribution in [-0.4, -0.2) is 28.6 Å². The Bertz CT molecular complexity index is 1240. The lowest BCUT2D eigenvalue weighted by molar-refractivity contribution is 0.0476. The van der Waals surface area contributed by atoms with Gasteiger partial charge in [-0.1, -0.05) is 18.2 Å². The zero-order valence-electron chi connectivity index (χ0n) is 16.8. The molecule has 4 aromatic rings. The first-order valence-electron chi connectivity index (χ1n) is 9.37. The van der Waals surface area contributed by atoms with Crippen LogP contribution < -0.4 is 4.74 Å². The molecule has 0 atom stereocenters. The van der Waals surface area contributed by atoms with Crippen molar-refractivity contribution in [2.45, 2.75) is 20.5 Å². The number of ketones is 1. The molecule has 0 bridgehead atoms. The van der Waals surface area contributed by atoms with Crippen LogP contribution in [0.2, 0.25) is 0 Å². The number of ether oxygens (including phenoxy) is 2. The largest absolute Gasteiger partial charge is 0.496 e. The fraction of sp³-hybridized carbons (Fsp3) is 0.174. The Hall–Kier alpha value is -3.45. The number of aromatic nitrogens is 2. The third-order valence-electron chi connectivity index (χ3n) is 4.79. The Morgan fingerprint density at radius 2 is 1.87 bits per heavy atom. The van der Waals surface area contributed by atoms with Gasteiger partial charge >= 0.3 is 5.97 Å². The molecule has 0 aliphatic heterocycles. The van der Waals surface area contributed by atoms with Crippen molar-refractivity contribution in [2.75, 3.05) is 7.11 Å². The van der Waals surface area contributed by atoms with Crippen LogP contribution in [-0.2, 0) is 11.3 Å². The van der Waals surface area contributed by atoms with Crippen molar-refractivity contribution in [2.24, 2.45) is 0 Å². The van der Waals surface area contributed by atoms with Crippen LogP contribution in [0, 0.1) is 6.92 Å². The number of rotatable bonds is 6. The lowest BCUT2D eigenvalue weighted by Crippen LogP contribution is -2.05. The number of carbonyl (C=O) groups is 2. The van der Waals surface area contributed by atoms with Crippen LogP contribution in [0.15, 0.2) is 54.6 Å². The second-order valence-corrected chi connectivity index (χ2v) is 7.85. The maximum Gasteiger partial charge on any atom is 0.348 e. The third-order valence-corrected chi connectivity index (χ3v) is 5.88. The summed E-state index contributed by atoms with van der Waals surface area (Å²) in [7, 11) is 1.54. The van der Waals surface area contributed by atoms with E-state index in [2.05, 4.69) is 5.10 Å². The van der Waals surface area contributed by atoms with Crippen LogP contribution in [0.4, 0.5) is 0 Å². The molecule has 2 aromatic carbocycles. The average Bonchev–Trinajstić information content (AvgIpc) is 3.33. The third kappa shape index (κ3) is 3.71. The lowest BCUT2D eigenvalue weighted by Gasteiger charge is -2.10. The summed E-state index contributed by atoms with van der Waals surface area (Å²) in [6.07, 6.45) is 0. The molecular weight excluding hydrogens is 400 g/mol. The second kappa shape index (κ2) is 8.12. The van der Waals surface area contributed by atoms with Crippen LogP contribution >= 0.6 is 11.3 Å². The normalized spacial score (nSPS) is 10.9. The first kappa shape index (κ1) is 19.8. The molecule has 4 rings (SSSR count). The van der Waals surface area contributed by atoms with Gasteiger partial charge in [-0.15, -0.1) is 11.3 Å². The Labute approximate surface area is 177 Å². The van der Waals surface area contributed by atoms with E-state index in [1.807, 2.05) is 48.0 Å². The van der Waals surface area contributed by atoms with Crippen molar-refractivity contribution in [3.8, 4) is 11.4 Å². The number of carbonyl (C=O) groups excluding carboxylic acids is 2. The molecule has 0 spiro atoms. The number of thiophene rings is 1. The van der Waals surface area contributed by atoms with Crippen LogP contribution in [0.5, 0.6) is 5.75 Å². The van der Waals surface area contributed by atoms with E-state index in [9.17, 15) is 9.59 Å². The van der Waals surface area contributed by atoms with Crippen molar-refractivity contribution in [1.82, 2.24) is 9.78 Å². The van der Waals surface area contributed by atoms with E-state index in [-0.39, 0.29) is 12.4 Å². The highest BCUT2D eigenvalue weighted by atomic mass is 32.1. The smallest absolute Gasteiger partial charge is 0.348 e.